The number of hydrogen-bond donors (Lipinski definition) is 0. The Kier molecular flexibility index (Phi) is 7.10. The van der Waals surface area contributed by atoms with Crippen molar-refractivity contribution in [2.24, 2.45) is 35.5 Å². The molecule has 0 spiro atoms. The zero-order chi connectivity index (χ0) is 15.2. The van der Waals surface area contributed by atoms with Gasteiger partial charge < -0.3 is 0 Å². The Morgan fingerprint density at radius 2 is 1.29 bits per heavy atom. The van der Waals surface area contributed by atoms with Crippen LogP contribution in [0.3, 0.4) is 0 Å². The quantitative estimate of drug-likeness (QED) is 0.490. The fourth-order valence-corrected chi connectivity index (χ4v) is 5.17. The molecule has 1 unspecified atom stereocenters. The largest absolute Gasteiger partial charge is 0.0651 e. The summed E-state index contributed by atoms with van der Waals surface area (Å²) in [6.07, 6.45) is 16.7. The van der Waals surface area contributed by atoms with Gasteiger partial charge in [0.05, 0.1) is 0 Å². The van der Waals surface area contributed by atoms with Gasteiger partial charge in [-0.1, -0.05) is 53.4 Å². The fraction of sp³-hybridized carbons (Fsp3) is 1.00. The summed E-state index contributed by atoms with van der Waals surface area (Å²) in [4.78, 5) is 0. The smallest absolute Gasteiger partial charge is 0.0386 e. The van der Waals surface area contributed by atoms with E-state index in [1.165, 1.54) is 32.1 Å². The van der Waals surface area contributed by atoms with E-state index in [0.717, 1.165) is 35.5 Å². The molecular weight excluding hydrogens is 252 g/mol. The van der Waals surface area contributed by atoms with Gasteiger partial charge >= 0.3 is 0 Å². The predicted octanol–water partition coefficient (Wildman–Crippen LogP) is 7.08. The Labute approximate surface area is 134 Å². The lowest BCUT2D eigenvalue weighted by Gasteiger charge is -2.39. The van der Waals surface area contributed by atoms with Crippen molar-refractivity contribution in [2.75, 3.05) is 0 Å². The van der Waals surface area contributed by atoms with E-state index in [1.807, 2.05) is 0 Å². The molecule has 0 saturated heterocycles. The third-order valence-electron chi connectivity index (χ3n) is 6.85. The molecule has 0 heterocycles. The fourth-order valence-electron chi connectivity index (χ4n) is 5.17. The van der Waals surface area contributed by atoms with E-state index in [4.69, 9.17) is 0 Å². The topological polar surface area (TPSA) is 0 Å². The Morgan fingerprint density at radius 3 is 1.76 bits per heavy atom. The van der Waals surface area contributed by atoms with Crippen LogP contribution in [0.15, 0.2) is 0 Å². The molecule has 2 aliphatic carbocycles. The molecule has 0 aromatic carbocycles. The summed E-state index contributed by atoms with van der Waals surface area (Å²) in [6, 6.07) is 0. The lowest BCUT2D eigenvalue weighted by molar-refractivity contribution is 0.122. The van der Waals surface area contributed by atoms with Gasteiger partial charge in [0.1, 0.15) is 0 Å². The molecule has 2 saturated carbocycles. The van der Waals surface area contributed by atoms with Crippen LogP contribution in [0.1, 0.15) is 98.3 Å². The maximum absolute atomic E-state index is 2.45. The number of hydrogen-bond acceptors (Lipinski definition) is 0. The van der Waals surface area contributed by atoms with Crippen molar-refractivity contribution in [2.45, 2.75) is 98.3 Å². The maximum atomic E-state index is 2.45. The molecule has 2 aliphatic rings. The summed E-state index contributed by atoms with van der Waals surface area (Å²) in [7, 11) is 0. The standard InChI is InChI=1S/C21H40/c1-5-18(9-6-16(2)3)19-12-14-21(15-13-19)20-10-7-17(4)8-11-20/h16-21H,5-15H2,1-4H3. The molecule has 0 bridgehead atoms. The summed E-state index contributed by atoms with van der Waals surface area (Å²) >= 11 is 0. The third-order valence-corrected chi connectivity index (χ3v) is 6.85. The normalized spacial score (nSPS) is 35.9. The van der Waals surface area contributed by atoms with Gasteiger partial charge in [0.15, 0.2) is 0 Å². The van der Waals surface area contributed by atoms with E-state index >= 15 is 0 Å². The minimum absolute atomic E-state index is 0.889. The Morgan fingerprint density at radius 1 is 0.762 bits per heavy atom. The van der Waals surface area contributed by atoms with Gasteiger partial charge in [-0.25, -0.2) is 0 Å². The highest BCUT2D eigenvalue weighted by Gasteiger charge is 2.32. The summed E-state index contributed by atoms with van der Waals surface area (Å²) in [5.41, 5.74) is 0. The highest BCUT2D eigenvalue weighted by atomic mass is 14.4. The Hall–Kier alpha value is 0. The molecule has 0 heteroatoms. The van der Waals surface area contributed by atoms with E-state index in [9.17, 15) is 0 Å². The SMILES string of the molecule is CCC(CCC(C)C)C1CCC(C2CCC(C)CC2)CC1. The molecule has 0 amide bonds. The van der Waals surface area contributed by atoms with Gasteiger partial charge in [-0.2, -0.15) is 0 Å². The van der Waals surface area contributed by atoms with E-state index in [2.05, 4.69) is 27.7 Å². The van der Waals surface area contributed by atoms with E-state index in [0.29, 0.717) is 0 Å². The molecule has 2 rings (SSSR count). The van der Waals surface area contributed by atoms with Crippen molar-refractivity contribution in [1.82, 2.24) is 0 Å². The van der Waals surface area contributed by atoms with Crippen molar-refractivity contribution < 1.29 is 0 Å². The van der Waals surface area contributed by atoms with Gasteiger partial charge in [-0.05, 0) is 80.5 Å². The molecule has 0 aromatic rings. The van der Waals surface area contributed by atoms with Gasteiger partial charge in [0, 0.05) is 0 Å². The number of rotatable bonds is 6. The van der Waals surface area contributed by atoms with Crippen molar-refractivity contribution >= 4 is 0 Å². The van der Waals surface area contributed by atoms with E-state index < -0.39 is 0 Å². The van der Waals surface area contributed by atoms with Crippen LogP contribution in [-0.4, -0.2) is 0 Å². The molecule has 0 aromatic heterocycles. The second-order valence-corrected chi connectivity index (χ2v) is 8.83. The predicted molar refractivity (Wildman–Crippen MR) is 94.4 cm³/mol. The second-order valence-electron chi connectivity index (χ2n) is 8.83. The van der Waals surface area contributed by atoms with Crippen molar-refractivity contribution in [3.05, 3.63) is 0 Å². The second kappa shape index (κ2) is 8.59. The molecule has 2 fully saturated rings. The van der Waals surface area contributed by atoms with Crippen molar-refractivity contribution in [3.8, 4) is 0 Å². The van der Waals surface area contributed by atoms with Crippen LogP contribution in [-0.2, 0) is 0 Å². The zero-order valence-corrected chi connectivity index (χ0v) is 15.2. The van der Waals surface area contributed by atoms with Crippen molar-refractivity contribution in [1.29, 1.82) is 0 Å². The minimum Gasteiger partial charge on any atom is -0.0651 e. The third kappa shape index (κ3) is 5.29. The first-order valence-corrected chi connectivity index (χ1v) is 10.1. The molecule has 0 N–H and O–H groups in total. The maximum Gasteiger partial charge on any atom is -0.0386 e. The Bertz CT molecular complexity index is 264. The van der Waals surface area contributed by atoms with Gasteiger partial charge in [-0.3, -0.25) is 0 Å². The minimum atomic E-state index is 0.889. The first-order chi connectivity index (χ1) is 10.1. The molecule has 21 heavy (non-hydrogen) atoms. The molecular formula is C21H40. The van der Waals surface area contributed by atoms with E-state index in [-0.39, 0.29) is 0 Å². The van der Waals surface area contributed by atoms with Gasteiger partial charge in [0.25, 0.3) is 0 Å². The lowest BCUT2D eigenvalue weighted by Crippen LogP contribution is -2.28. The molecule has 0 aliphatic heterocycles. The lowest BCUT2D eigenvalue weighted by atomic mass is 9.66. The van der Waals surface area contributed by atoms with Crippen LogP contribution in [0.5, 0.6) is 0 Å². The summed E-state index contributed by atoms with van der Waals surface area (Å²) in [5, 5.41) is 0. The van der Waals surface area contributed by atoms with Gasteiger partial charge in [0.2, 0.25) is 0 Å². The van der Waals surface area contributed by atoms with Gasteiger partial charge in [-0.15, -0.1) is 0 Å². The van der Waals surface area contributed by atoms with Crippen LogP contribution in [0.25, 0.3) is 0 Å². The summed E-state index contributed by atoms with van der Waals surface area (Å²) in [6.45, 7) is 9.65. The first kappa shape index (κ1) is 17.4. The molecule has 0 nitrogen and oxygen atoms in total. The van der Waals surface area contributed by atoms with Crippen LogP contribution in [0.4, 0.5) is 0 Å². The van der Waals surface area contributed by atoms with Crippen LogP contribution < -0.4 is 0 Å². The highest BCUT2D eigenvalue weighted by Crippen LogP contribution is 2.44. The van der Waals surface area contributed by atoms with Crippen LogP contribution >= 0.6 is 0 Å². The van der Waals surface area contributed by atoms with Crippen LogP contribution in [0, 0.1) is 35.5 Å². The monoisotopic (exact) mass is 292 g/mol. The molecule has 0 radical (unpaired) electrons. The zero-order valence-electron chi connectivity index (χ0n) is 15.2. The van der Waals surface area contributed by atoms with E-state index in [1.54, 1.807) is 38.5 Å². The summed E-state index contributed by atoms with van der Waals surface area (Å²) in [5.74, 6) is 6.18. The summed E-state index contributed by atoms with van der Waals surface area (Å²) < 4.78 is 0. The average molecular weight is 293 g/mol. The molecule has 124 valence electrons. The first-order valence-electron chi connectivity index (χ1n) is 10.1. The average Bonchev–Trinajstić information content (AvgIpc) is 2.49. The molecule has 1 atom stereocenters. The Balaban J connectivity index is 1.74. The van der Waals surface area contributed by atoms with Crippen LogP contribution in [0.2, 0.25) is 0 Å². The highest BCUT2D eigenvalue weighted by molar-refractivity contribution is 4.83. The van der Waals surface area contributed by atoms with Crippen molar-refractivity contribution in [3.63, 3.8) is 0 Å².